The Morgan fingerprint density at radius 3 is 2.44 bits per heavy atom. The Kier molecular flexibility index (Phi) is 4.01. The summed E-state index contributed by atoms with van der Waals surface area (Å²) in [7, 11) is 3.28. The second kappa shape index (κ2) is 5.07. The molecule has 0 saturated carbocycles. The summed E-state index contributed by atoms with van der Waals surface area (Å²) in [6.45, 7) is 4.60. The van der Waals surface area contributed by atoms with Crippen LogP contribution in [-0.2, 0) is 0 Å². The van der Waals surface area contributed by atoms with E-state index in [-0.39, 0.29) is 5.54 Å². The summed E-state index contributed by atoms with van der Waals surface area (Å²) < 4.78 is 10.5. The van der Waals surface area contributed by atoms with E-state index >= 15 is 0 Å². The molecule has 3 N–H and O–H groups in total. The first-order valence-corrected chi connectivity index (χ1v) is 5.22. The van der Waals surface area contributed by atoms with Crippen molar-refractivity contribution in [2.45, 2.75) is 19.4 Å². The number of hydrogen-bond donors (Lipinski definition) is 2. The van der Waals surface area contributed by atoms with Gasteiger partial charge in [0, 0.05) is 18.2 Å². The van der Waals surface area contributed by atoms with Crippen LogP contribution in [0.2, 0.25) is 0 Å². The predicted molar refractivity (Wildman–Crippen MR) is 66.3 cm³/mol. The molecule has 0 fully saturated rings. The molecule has 0 saturated heterocycles. The topological polar surface area (TPSA) is 56.5 Å². The first kappa shape index (κ1) is 12.6. The summed E-state index contributed by atoms with van der Waals surface area (Å²) in [6, 6.07) is 5.63. The van der Waals surface area contributed by atoms with E-state index in [0.29, 0.717) is 6.54 Å². The Morgan fingerprint density at radius 1 is 1.25 bits per heavy atom. The normalized spacial score (nSPS) is 11.1. The maximum Gasteiger partial charge on any atom is 0.142 e. The zero-order valence-corrected chi connectivity index (χ0v) is 10.3. The molecule has 1 aromatic carbocycles. The van der Waals surface area contributed by atoms with Crippen molar-refractivity contribution in [3.05, 3.63) is 18.2 Å². The molecule has 0 atom stereocenters. The zero-order valence-electron chi connectivity index (χ0n) is 10.3. The van der Waals surface area contributed by atoms with Crippen LogP contribution < -0.4 is 20.5 Å². The molecule has 16 heavy (non-hydrogen) atoms. The molecule has 0 aromatic heterocycles. The Labute approximate surface area is 96.7 Å². The number of nitrogens with two attached hydrogens (primary N) is 1. The predicted octanol–water partition coefficient (Wildman–Crippen LogP) is 1.85. The first-order chi connectivity index (χ1) is 7.52. The fourth-order valence-corrected chi connectivity index (χ4v) is 1.33. The number of nitrogens with one attached hydrogen (secondary N) is 1. The molecule has 0 radical (unpaired) electrons. The fourth-order valence-electron chi connectivity index (χ4n) is 1.33. The lowest BCUT2D eigenvalue weighted by atomic mass is 10.1. The van der Waals surface area contributed by atoms with Gasteiger partial charge in [0.25, 0.3) is 0 Å². The van der Waals surface area contributed by atoms with Gasteiger partial charge >= 0.3 is 0 Å². The Hall–Kier alpha value is -1.42. The molecule has 90 valence electrons. The van der Waals surface area contributed by atoms with Crippen molar-refractivity contribution in [1.29, 1.82) is 0 Å². The number of anilines is 1. The van der Waals surface area contributed by atoms with Crippen molar-refractivity contribution in [3.8, 4) is 11.5 Å². The zero-order chi connectivity index (χ0) is 12.2. The van der Waals surface area contributed by atoms with Gasteiger partial charge in [-0.2, -0.15) is 0 Å². The van der Waals surface area contributed by atoms with Gasteiger partial charge in [-0.15, -0.1) is 0 Å². The summed E-state index contributed by atoms with van der Waals surface area (Å²) in [6.07, 6.45) is 0. The van der Waals surface area contributed by atoms with Gasteiger partial charge in [0.1, 0.15) is 11.5 Å². The van der Waals surface area contributed by atoms with E-state index in [1.54, 1.807) is 14.2 Å². The molecule has 0 heterocycles. The van der Waals surface area contributed by atoms with Crippen molar-refractivity contribution in [2.75, 3.05) is 26.1 Å². The Bertz CT molecular complexity index is 351. The highest BCUT2D eigenvalue weighted by molar-refractivity contribution is 5.60. The van der Waals surface area contributed by atoms with E-state index in [2.05, 4.69) is 5.32 Å². The van der Waals surface area contributed by atoms with E-state index in [9.17, 15) is 0 Å². The molecule has 0 bridgehead atoms. The molecule has 0 aliphatic heterocycles. The molecule has 0 aliphatic carbocycles. The van der Waals surface area contributed by atoms with Crippen LogP contribution in [0.15, 0.2) is 18.2 Å². The number of hydrogen-bond acceptors (Lipinski definition) is 4. The molecular formula is C12H20N2O2. The van der Waals surface area contributed by atoms with Crippen LogP contribution in [0.5, 0.6) is 11.5 Å². The summed E-state index contributed by atoms with van der Waals surface area (Å²) >= 11 is 0. The monoisotopic (exact) mass is 224 g/mol. The van der Waals surface area contributed by atoms with Gasteiger partial charge in [-0.05, 0) is 26.0 Å². The summed E-state index contributed by atoms with van der Waals surface area (Å²) in [5.41, 5.74) is 6.39. The number of methoxy groups -OCH3 is 2. The highest BCUT2D eigenvalue weighted by Gasteiger charge is 2.17. The molecule has 4 heteroatoms. The molecule has 0 unspecified atom stereocenters. The SMILES string of the molecule is COc1ccc(OC)c(NC(C)(C)CN)c1. The van der Waals surface area contributed by atoms with E-state index in [0.717, 1.165) is 17.2 Å². The summed E-state index contributed by atoms with van der Waals surface area (Å²) in [5, 5.41) is 3.33. The standard InChI is InChI=1S/C12H20N2O2/c1-12(2,8-13)14-10-7-9(15-3)5-6-11(10)16-4/h5-7,14H,8,13H2,1-4H3. The average Bonchev–Trinajstić information content (AvgIpc) is 2.28. The van der Waals surface area contributed by atoms with Crippen LogP contribution in [0.4, 0.5) is 5.69 Å². The maximum absolute atomic E-state index is 5.68. The minimum Gasteiger partial charge on any atom is -0.497 e. The van der Waals surface area contributed by atoms with Gasteiger partial charge in [0.15, 0.2) is 0 Å². The molecule has 0 aliphatic rings. The number of ether oxygens (including phenoxy) is 2. The second-order valence-corrected chi connectivity index (χ2v) is 4.28. The number of benzene rings is 1. The lowest BCUT2D eigenvalue weighted by Crippen LogP contribution is -2.39. The van der Waals surface area contributed by atoms with Gasteiger partial charge in [-0.3, -0.25) is 0 Å². The van der Waals surface area contributed by atoms with Crippen molar-refractivity contribution in [1.82, 2.24) is 0 Å². The molecule has 4 nitrogen and oxygen atoms in total. The maximum atomic E-state index is 5.68. The third kappa shape index (κ3) is 3.03. The third-order valence-corrected chi connectivity index (χ3v) is 2.39. The minimum atomic E-state index is -0.181. The van der Waals surface area contributed by atoms with Crippen LogP contribution in [0.3, 0.4) is 0 Å². The van der Waals surface area contributed by atoms with Crippen molar-refractivity contribution in [3.63, 3.8) is 0 Å². The second-order valence-electron chi connectivity index (χ2n) is 4.28. The molecule has 0 amide bonds. The molecule has 1 aromatic rings. The van der Waals surface area contributed by atoms with Gasteiger partial charge in [0.2, 0.25) is 0 Å². The smallest absolute Gasteiger partial charge is 0.142 e. The minimum absolute atomic E-state index is 0.181. The summed E-state index contributed by atoms with van der Waals surface area (Å²) in [5.74, 6) is 1.57. The lowest BCUT2D eigenvalue weighted by Gasteiger charge is -2.26. The highest BCUT2D eigenvalue weighted by atomic mass is 16.5. The van der Waals surface area contributed by atoms with E-state index in [1.807, 2.05) is 32.0 Å². The largest absolute Gasteiger partial charge is 0.497 e. The quantitative estimate of drug-likeness (QED) is 0.801. The first-order valence-electron chi connectivity index (χ1n) is 5.22. The van der Waals surface area contributed by atoms with Crippen LogP contribution >= 0.6 is 0 Å². The van der Waals surface area contributed by atoms with Crippen LogP contribution in [-0.4, -0.2) is 26.3 Å². The van der Waals surface area contributed by atoms with E-state index < -0.39 is 0 Å². The molecule has 1 rings (SSSR count). The lowest BCUT2D eigenvalue weighted by molar-refractivity contribution is 0.403. The van der Waals surface area contributed by atoms with Crippen molar-refractivity contribution < 1.29 is 9.47 Å². The average molecular weight is 224 g/mol. The van der Waals surface area contributed by atoms with Gasteiger partial charge in [0.05, 0.1) is 19.9 Å². The van der Waals surface area contributed by atoms with Crippen LogP contribution in [0.1, 0.15) is 13.8 Å². The fraction of sp³-hybridized carbons (Fsp3) is 0.500. The number of rotatable bonds is 5. The van der Waals surface area contributed by atoms with Gasteiger partial charge < -0.3 is 20.5 Å². The van der Waals surface area contributed by atoms with E-state index in [4.69, 9.17) is 15.2 Å². The van der Waals surface area contributed by atoms with Gasteiger partial charge in [-0.25, -0.2) is 0 Å². The van der Waals surface area contributed by atoms with Crippen LogP contribution in [0.25, 0.3) is 0 Å². The Morgan fingerprint density at radius 2 is 1.94 bits per heavy atom. The summed E-state index contributed by atoms with van der Waals surface area (Å²) in [4.78, 5) is 0. The Balaban J connectivity index is 3.00. The van der Waals surface area contributed by atoms with Crippen molar-refractivity contribution in [2.24, 2.45) is 5.73 Å². The van der Waals surface area contributed by atoms with Gasteiger partial charge in [-0.1, -0.05) is 0 Å². The highest BCUT2D eigenvalue weighted by Crippen LogP contribution is 2.30. The molecular weight excluding hydrogens is 204 g/mol. The molecule has 0 spiro atoms. The van der Waals surface area contributed by atoms with Crippen molar-refractivity contribution >= 4 is 5.69 Å². The van der Waals surface area contributed by atoms with Crippen LogP contribution in [0, 0.1) is 0 Å². The van der Waals surface area contributed by atoms with E-state index in [1.165, 1.54) is 0 Å². The third-order valence-electron chi connectivity index (χ3n) is 2.39.